The molecule has 0 fully saturated rings. The monoisotopic (exact) mass is 334 g/mol. The first-order valence-electron chi connectivity index (χ1n) is 4.89. The summed E-state index contributed by atoms with van der Waals surface area (Å²) in [4.78, 5) is 4.39. The molecule has 1 aromatic heterocycles. The van der Waals surface area contributed by atoms with Crippen molar-refractivity contribution in [3.05, 3.63) is 28.8 Å². The molecule has 0 aliphatic carbocycles. The summed E-state index contributed by atoms with van der Waals surface area (Å²) in [5.74, 6) is 0. The lowest BCUT2D eigenvalue weighted by molar-refractivity contribution is 0.586. The molecule has 1 aromatic carbocycles. The largest absolute Gasteiger partial charge is 0.240 e. The van der Waals surface area contributed by atoms with Crippen molar-refractivity contribution in [2.45, 2.75) is 13.5 Å². The number of alkyl halides is 1. The summed E-state index contributed by atoms with van der Waals surface area (Å²) < 4.78 is 26.0. The van der Waals surface area contributed by atoms with Gasteiger partial charge in [0.25, 0.3) is 0 Å². The summed E-state index contributed by atoms with van der Waals surface area (Å²) >= 11 is 4.42. The smallest absolute Gasteiger partial charge is 0.222 e. The molecular formula is C10H11BrN2O2S2. The standard InChI is InChI=1S/C10H11BrN2O2S2/c1-7-2-3-9-8(4-7)13-10(16-9)5-12-17(14,15)6-11/h2-4,12H,5-6H2,1H3. The zero-order chi connectivity index (χ0) is 12.5. The van der Waals surface area contributed by atoms with Crippen molar-refractivity contribution >= 4 is 47.5 Å². The van der Waals surface area contributed by atoms with Crippen LogP contribution in [0.2, 0.25) is 0 Å². The molecule has 2 aromatic rings. The van der Waals surface area contributed by atoms with Crippen LogP contribution in [0.3, 0.4) is 0 Å². The summed E-state index contributed by atoms with van der Waals surface area (Å²) in [6, 6.07) is 6.02. The average molecular weight is 335 g/mol. The number of aryl methyl sites for hydroxylation is 1. The first-order chi connectivity index (χ1) is 8.00. The summed E-state index contributed by atoms with van der Waals surface area (Å²) in [5.41, 5.74) is 2.07. The van der Waals surface area contributed by atoms with Gasteiger partial charge in [0, 0.05) is 0 Å². The topological polar surface area (TPSA) is 59.1 Å². The van der Waals surface area contributed by atoms with Gasteiger partial charge in [-0.1, -0.05) is 22.0 Å². The van der Waals surface area contributed by atoms with E-state index in [1.807, 2.05) is 25.1 Å². The Hall–Kier alpha value is -0.500. The SMILES string of the molecule is Cc1ccc2sc(CNS(=O)(=O)CBr)nc2c1. The van der Waals surface area contributed by atoms with Crippen LogP contribution in [0.25, 0.3) is 10.2 Å². The van der Waals surface area contributed by atoms with Gasteiger partial charge in [-0.3, -0.25) is 0 Å². The van der Waals surface area contributed by atoms with Gasteiger partial charge in [-0.2, -0.15) is 0 Å². The van der Waals surface area contributed by atoms with Crippen LogP contribution in [0.5, 0.6) is 0 Å². The molecule has 0 unspecified atom stereocenters. The maximum absolute atomic E-state index is 11.3. The minimum absolute atomic E-state index is 0.0933. The van der Waals surface area contributed by atoms with Crippen LogP contribution >= 0.6 is 27.3 Å². The number of nitrogens with zero attached hydrogens (tertiary/aromatic N) is 1. The predicted octanol–water partition coefficient (Wildman–Crippen LogP) is 2.38. The van der Waals surface area contributed by atoms with Crippen LogP contribution in [-0.4, -0.2) is 18.1 Å². The highest BCUT2D eigenvalue weighted by Crippen LogP contribution is 2.22. The normalized spacial score (nSPS) is 12.1. The lowest BCUT2D eigenvalue weighted by atomic mass is 10.2. The fourth-order valence-corrected chi connectivity index (χ4v) is 3.27. The number of hydrogen-bond donors (Lipinski definition) is 1. The van der Waals surface area contributed by atoms with E-state index >= 15 is 0 Å². The third kappa shape index (κ3) is 3.25. The molecule has 0 aliphatic heterocycles. The average Bonchev–Trinajstić information content (AvgIpc) is 2.68. The number of fused-ring (bicyclic) bond motifs is 1. The third-order valence-corrected chi connectivity index (χ3v) is 5.89. The Labute approximate surface area is 112 Å². The van der Waals surface area contributed by atoms with Crippen LogP contribution in [0.4, 0.5) is 0 Å². The van der Waals surface area contributed by atoms with Crippen molar-refractivity contribution < 1.29 is 8.42 Å². The zero-order valence-corrected chi connectivity index (χ0v) is 12.3. The van der Waals surface area contributed by atoms with Gasteiger partial charge in [-0.05, 0) is 24.6 Å². The Morgan fingerprint density at radius 2 is 2.24 bits per heavy atom. The van der Waals surface area contributed by atoms with Crippen LogP contribution < -0.4 is 4.72 Å². The van der Waals surface area contributed by atoms with Crippen LogP contribution in [0.1, 0.15) is 10.6 Å². The molecule has 0 saturated heterocycles. The second-order valence-corrected chi connectivity index (χ2v) is 7.85. The van der Waals surface area contributed by atoms with Crippen molar-refractivity contribution in [2.24, 2.45) is 0 Å². The van der Waals surface area contributed by atoms with E-state index in [2.05, 4.69) is 25.6 Å². The van der Waals surface area contributed by atoms with E-state index in [0.717, 1.165) is 20.8 Å². The molecule has 2 rings (SSSR count). The van der Waals surface area contributed by atoms with Crippen molar-refractivity contribution in [1.82, 2.24) is 9.71 Å². The van der Waals surface area contributed by atoms with E-state index < -0.39 is 10.0 Å². The number of hydrogen-bond acceptors (Lipinski definition) is 4. The molecule has 1 N–H and O–H groups in total. The maximum Gasteiger partial charge on any atom is 0.222 e. The number of nitrogens with one attached hydrogen (secondary N) is 1. The van der Waals surface area contributed by atoms with Gasteiger partial charge in [0.2, 0.25) is 10.0 Å². The van der Waals surface area contributed by atoms with Crippen LogP contribution in [0.15, 0.2) is 18.2 Å². The van der Waals surface area contributed by atoms with Gasteiger partial charge in [0.15, 0.2) is 0 Å². The van der Waals surface area contributed by atoms with Gasteiger partial charge in [-0.25, -0.2) is 18.1 Å². The Kier molecular flexibility index (Phi) is 3.82. The lowest BCUT2D eigenvalue weighted by Crippen LogP contribution is -2.23. The minimum atomic E-state index is -3.23. The molecule has 92 valence electrons. The second kappa shape index (κ2) is 5.01. The number of thiazole rings is 1. The van der Waals surface area contributed by atoms with E-state index in [9.17, 15) is 8.42 Å². The maximum atomic E-state index is 11.3. The number of aromatic nitrogens is 1. The lowest BCUT2D eigenvalue weighted by Gasteiger charge is -1.99. The molecule has 0 saturated carbocycles. The highest BCUT2D eigenvalue weighted by Gasteiger charge is 2.09. The molecule has 0 amide bonds. The minimum Gasteiger partial charge on any atom is -0.240 e. The number of benzene rings is 1. The van der Waals surface area contributed by atoms with E-state index in [4.69, 9.17) is 0 Å². The molecule has 0 aliphatic rings. The van der Waals surface area contributed by atoms with Gasteiger partial charge in [0.05, 0.1) is 16.8 Å². The van der Waals surface area contributed by atoms with Crippen molar-refractivity contribution in [1.29, 1.82) is 0 Å². The third-order valence-electron chi connectivity index (χ3n) is 2.17. The first-order valence-corrected chi connectivity index (χ1v) is 8.48. The van der Waals surface area contributed by atoms with Crippen molar-refractivity contribution in [3.8, 4) is 0 Å². The van der Waals surface area contributed by atoms with Gasteiger partial charge >= 0.3 is 0 Å². The predicted molar refractivity (Wildman–Crippen MR) is 73.9 cm³/mol. The highest BCUT2D eigenvalue weighted by molar-refractivity contribution is 9.10. The van der Waals surface area contributed by atoms with Gasteiger partial charge in [0.1, 0.15) is 9.67 Å². The Morgan fingerprint density at radius 3 is 2.94 bits per heavy atom. The summed E-state index contributed by atoms with van der Waals surface area (Å²) in [6.07, 6.45) is 0. The molecule has 0 bridgehead atoms. The Balaban J connectivity index is 2.20. The molecule has 7 heteroatoms. The number of rotatable bonds is 4. The second-order valence-electron chi connectivity index (χ2n) is 3.62. The van der Waals surface area contributed by atoms with Gasteiger partial charge < -0.3 is 0 Å². The first kappa shape index (κ1) is 12.9. The summed E-state index contributed by atoms with van der Waals surface area (Å²) in [6.45, 7) is 2.25. The number of halogens is 1. The summed E-state index contributed by atoms with van der Waals surface area (Å²) in [7, 11) is -3.23. The molecule has 1 heterocycles. The molecule has 17 heavy (non-hydrogen) atoms. The van der Waals surface area contributed by atoms with E-state index in [0.29, 0.717) is 0 Å². The molecular weight excluding hydrogens is 324 g/mol. The Morgan fingerprint density at radius 1 is 1.47 bits per heavy atom. The number of sulfonamides is 1. The molecule has 4 nitrogen and oxygen atoms in total. The van der Waals surface area contributed by atoms with E-state index in [1.54, 1.807) is 0 Å². The van der Waals surface area contributed by atoms with E-state index in [1.165, 1.54) is 11.3 Å². The summed E-state index contributed by atoms with van der Waals surface area (Å²) in [5, 5.41) is 0.773. The molecule has 0 atom stereocenters. The van der Waals surface area contributed by atoms with Crippen LogP contribution in [0, 0.1) is 6.92 Å². The zero-order valence-electron chi connectivity index (χ0n) is 9.10. The fourth-order valence-electron chi connectivity index (χ4n) is 1.37. The molecule has 0 radical (unpaired) electrons. The fraction of sp³-hybridized carbons (Fsp3) is 0.300. The quantitative estimate of drug-likeness (QED) is 0.873. The van der Waals surface area contributed by atoms with Crippen molar-refractivity contribution in [3.63, 3.8) is 0 Å². The highest BCUT2D eigenvalue weighted by atomic mass is 79.9. The van der Waals surface area contributed by atoms with Crippen LogP contribution in [-0.2, 0) is 16.6 Å². The van der Waals surface area contributed by atoms with Crippen molar-refractivity contribution in [2.75, 3.05) is 4.66 Å². The van der Waals surface area contributed by atoms with E-state index in [-0.39, 0.29) is 11.2 Å². The molecule has 0 spiro atoms. The Bertz CT molecular complexity index is 637. The van der Waals surface area contributed by atoms with Gasteiger partial charge in [-0.15, -0.1) is 11.3 Å².